The number of hydrogen-bond acceptors (Lipinski definition) is 3. The van der Waals surface area contributed by atoms with Crippen molar-refractivity contribution in [1.29, 1.82) is 0 Å². The largest absolute Gasteiger partial charge is 0.457 e. The van der Waals surface area contributed by atoms with Crippen LogP contribution in [-0.4, -0.2) is 32.3 Å². The molecule has 69 heavy (non-hydrogen) atoms. The molecule has 0 unspecified atom stereocenters. The van der Waals surface area contributed by atoms with Gasteiger partial charge in [-0.2, -0.15) is 0 Å². The average Bonchev–Trinajstić information content (AvgIpc) is 3.29. The smallest absolute Gasteiger partial charge is 0.132 e. The summed E-state index contributed by atoms with van der Waals surface area (Å²) in [4.78, 5) is 5.01. The molecule has 1 heterocycles. The summed E-state index contributed by atoms with van der Waals surface area (Å²) in [6.45, 7) is 29.3. The van der Waals surface area contributed by atoms with Crippen LogP contribution in [0.2, 0.25) is 78.6 Å². The van der Waals surface area contributed by atoms with Crippen LogP contribution in [0.1, 0.15) is 43.2 Å². The van der Waals surface area contributed by atoms with Crippen LogP contribution in [0.4, 0.5) is 34.1 Å². The molecule has 0 amide bonds. The van der Waals surface area contributed by atoms with Crippen molar-refractivity contribution in [2.45, 2.75) is 116 Å². The lowest BCUT2D eigenvalue weighted by atomic mass is 9.41. The third kappa shape index (κ3) is 8.23. The van der Waals surface area contributed by atoms with Gasteiger partial charge >= 0.3 is 0 Å². The lowest BCUT2D eigenvalue weighted by molar-refractivity contribution is -0.0451. The first-order valence-corrected chi connectivity index (χ1v) is 40.1. The van der Waals surface area contributed by atoms with Gasteiger partial charge in [-0.3, -0.25) is 0 Å². The summed E-state index contributed by atoms with van der Waals surface area (Å²) < 4.78 is 7.25. The number of ether oxygens (including phenoxy) is 1. The van der Waals surface area contributed by atoms with Crippen molar-refractivity contribution in [3.63, 3.8) is 0 Å². The minimum atomic E-state index is -1.49. The van der Waals surface area contributed by atoms with Gasteiger partial charge in [0, 0.05) is 50.7 Å². The average molecular weight is 976 g/mol. The molecular weight excluding hydrogens is 901 g/mol. The maximum atomic E-state index is 7.25. The van der Waals surface area contributed by atoms with Gasteiger partial charge in [0.1, 0.15) is 11.5 Å². The van der Waals surface area contributed by atoms with Gasteiger partial charge in [-0.1, -0.05) is 154 Å². The Bertz CT molecular complexity index is 2920. The number of rotatable bonds is 10. The first kappa shape index (κ1) is 46.5. The van der Waals surface area contributed by atoms with E-state index in [9.17, 15) is 0 Å². The molecular formula is C62H74N2OSi4. The van der Waals surface area contributed by atoms with Crippen molar-refractivity contribution in [1.82, 2.24) is 0 Å². The maximum Gasteiger partial charge on any atom is 0.132 e. The zero-order chi connectivity index (χ0) is 48.4. The fraction of sp³-hybridized carbons (Fsp3) is 0.355. The molecule has 4 fully saturated rings. The van der Waals surface area contributed by atoms with E-state index >= 15 is 0 Å². The molecule has 0 radical (unpaired) electrons. The van der Waals surface area contributed by atoms with E-state index in [1.54, 1.807) is 0 Å². The Hall–Kier alpha value is -4.93. The normalized spacial score (nSPS) is 21.8. The van der Waals surface area contributed by atoms with Gasteiger partial charge in [-0.25, -0.2) is 0 Å². The second-order valence-electron chi connectivity index (χ2n) is 25.7. The zero-order valence-electron chi connectivity index (χ0n) is 43.5. The van der Waals surface area contributed by atoms with Crippen LogP contribution >= 0.6 is 0 Å². The van der Waals surface area contributed by atoms with Crippen LogP contribution in [0, 0.1) is 23.7 Å². The van der Waals surface area contributed by atoms with Crippen LogP contribution in [0.25, 0.3) is 10.8 Å². The Morgan fingerprint density at radius 3 is 1.09 bits per heavy atom. The third-order valence-corrected chi connectivity index (χ3v) is 25.2. The van der Waals surface area contributed by atoms with Crippen LogP contribution in [-0.2, 0) is 5.41 Å². The van der Waals surface area contributed by atoms with Crippen LogP contribution in [0.5, 0.6) is 11.5 Å². The van der Waals surface area contributed by atoms with E-state index in [-0.39, 0.29) is 5.41 Å². The summed E-state index contributed by atoms with van der Waals surface area (Å²) in [6.07, 6.45) is 6.65. The molecule has 4 bridgehead atoms. The summed E-state index contributed by atoms with van der Waals surface area (Å²) in [6, 6.07) is 57.4. The van der Waals surface area contributed by atoms with Gasteiger partial charge in [0.15, 0.2) is 0 Å². The van der Waals surface area contributed by atoms with E-state index < -0.39 is 32.3 Å². The minimum Gasteiger partial charge on any atom is -0.457 e. The molecule has 0 aromatic heterocycles. The number of benzene rings is 7. The molecule has 0 atom stereocenters. The van der Waals surface area contributed by atoms with Gasteiger partial charge in [0.05, 0.1) is 32.3 Å². The second-order valence-corrected chi connectivity index (χ2v) is 46.0. The minimum absolute atomic E-state index is 0.120. The van der Waals surface area contributed by atoms with E-state index in [2.05, 4.69) is 234 Å². The van der Waals surface area contributed by atoms with Crippen molar-refractivity contribution >= 4 is 97.9 Å². The Morgan fingerprint density at radius 2 is 0.696 bits per heavy atom. The Morgan fingerprint density at radius 1 is 0.348 bits per heavy atom. The predicted octanol–water partition coefficient (Wildman–Crippen LogP) is 15.8. The fourth-order valence-corrected chi connectivity index (χ4v) is 18.0. The molecule has 12 rings (SSSR count). The van der Waals surface area contributed by atoms with Crippen molar-refractivity contribution in [2.75, 3.05) is 9.80 Å². The van der Waals surface area contributed by atoms with Gasteiger partial charge in [0.2, 0.25) is 0 Å². The first-order valence-electron chi connectivity index (χ1n) is 26.1. The second kappa shape index (κ2) is 16.6. The summed E-state index contributed by atoms with van der Waals surface area (Å²) in [5, 5.41) is 8.46. The molecule has 4 saturated carbocycles. The molecule has 7 aromatic rings. The molecule has 3 nitrogen and oxygen atoms in total. The van der Waals surface area contributed by atoms with Crippen LogP contribution < -0.4 is 35.3 Å². The zero-order valence-corrected chi connectivity index (χ0v) is 47.5. The summed E-state index contributed by atoms with van der Waals surface area (Å²) in [5.41, 5.74) is 9.94. The predicted molar refractivity (Wildman–Crippen MR) is 310 cm³/mol. The summed E-state index contributed by atoms with van der Waals surface area (Å²) in [5.74, 6) is 4.94. The quantitative estimate of drug-likeness (QED) is 0.127. The Balaban J connectivity index is 1.07. The molecule has 7 heteroatoms. The van der Waals surface area contributed by atoms with E-state index in [0.717, 1.165) is 23.3 Å². The monoisotopic (exact) mass is 974 g/mol. The van der Waals surface area contributed by atoms with Crippen molar-refractivity contribution in [3.8, 4) is 11.5 Å². The molecule has 5 aliphatic rings. The summed E-state index contributed by atoms with van der Waals surface area (Å²) >= 11 is 0. The van der Waals surface area contributed by atoms with Gasteiger partial charge in [0.25, 0.3) is 0 Å². The lowest BCUT2D eigenvalue weighted by Crippen LogP contribution is -2.57. The van der Waals surface area contributed by atoms with Crippen molar-refractivity contribution in [3.05, 3.63) is 157 Å². The summed E-state index contributed by atoms with van der Waals surface area (Å²) in [7, 11) is -5.92. The van der Waals surface area contributed by atoms with Crippen molar-refractivity contribution < 1.29 is 4.74 Å². The number of hydrogen-bond donors (Lipinski definition) is 0. The van der Waals surface area contributed by atoms with E-state index in [0.29, 0.717) is 11.8 Å². The molecule has 0 N–H and O–H groups in total. The van der Waals surface area contributed by atoms with E-state index in [1.165, 1.54) is 109 Å². The Kier molecular flexibility index (Phi) is 11.2. The number of fused-ring (bicyclic) bond motifs is 3. The highest BCUT2D eigenvalue weighted by atomic mass is 28.3. The molecule has 0 saturated heterocycles. The van der Waals surface area contributed by atoms with E-state index in [1.807, 2.05) is 0 Å². The third-order valence-electron chi connectivity index (χ3n) is 16.9. The molecule has 4 aliphatic carbocycles. The van der Waals surface area contributed by atoms with Crippen LogP contribution in [0.3, 0.4) is 0 Å². The molecule has 1 spiro atoms. The molecule has 354 valence electrons. The highest BCUT2D eigenvalue weighted by Crippen LogP contribution is 2.69. The SMILES string of the molecule is C[Si](C)(C)c1ccc(N(c2ccc([Si](C)(C)C)cc2)c2ccc3c(c2)C2(c4cc5cc(N(c6ccc([Si](C)(C)C)cc6)c6ccc([Si](C)(C)C)cc6)ccc5cc4O3)C3CC4CC(C3)CC2C4)cc1. The van der Waals surface area contributed by atoms with E-state index in [4.69, 9.17) is 4.74 Å². The number of anilines is 6. The Labute approximate surface area is 418 Å². The van der Waals surface area contributed by atoms with Gasteiger partial charge < -0.3 is 14.5 Å². The number of nitrogens with zero attached hydrogens (tertiary/aromatic N) is 2. The topological polar surface area (TPSA) is 15.7 Å². The fourth-order valence-electron chi connectivity index (χ4n) is 13.3. The van der Waals surface area contributed by atoms with Crippen molar-refractivity contribution in [2.24, 2.45) is 23.7 Å². The molecule has 1 aliphatic heterocycles. The highest BCUT2D eigenvalue weighted by molar-refractivity contribution is 6.90. The van der Waals surface area contributed by atoms with Gasteiger partial charge in [-0.15, -0.1) is 0 Å². The maximum absolute atomic E-state index is 7.25. The first-order chi connectivity index (χ1) is 32.6. The standard InChI is InChI=1S/C62H74N2OSi4/c1-66(2,3)54-24-15-48(16-25-54)63(49-17-26-55(27-18-49)67(4,5)6)52-14-13-44-40-61-58(39-45(44)38-52)62(46-34-42-33-43(36-46)37-47(62)35-42)59-41-53(23-32-60(59)65-61)64(50-19-28-56(29-20-50)68(7,8)9)51-21-30-57(31-22-51)69(10,11)12/h13-32,38-43,46-47H,33-37H2,1-12H3. The molecule has 7 aromatic carbocycles. The lowest BCUT2D eigenvalue weighted by Gasteiger charge is -2.63. The highest BCUT2D eigenvalue weighted by Gasteiger charge is 2.61. The van der Waals surface area contributed by atoms with Crippen LogP contribution in [0.15, 0.2) is 146 Å². The van der Waals surface area contributed by atoms with Gasteiger partial charge in [-0.05, 0) is 158 Å².